The van der Waals surface area contributed by atoms with E-state index in [4.69, 9.17) is 14.6 Å². The highest BCUT2D eigenvalue weighted by atomic mass is 79.9. The number of nitrogens with zero attached hydrogens (tertiary/aromatic N) is 2. The van der Waals surface area contributed by atoms with Crippen molar-refractivity contribution in [2.45, 2.75) is 102 Å². The van der Waals surface area contributed by atoms with Crippen LogP contribution in [0.25, 0.3) is 22.2 Å². The fourth-order valence-electron chi connectivity index (χ4n) is 4.79. The number of hydrogen-bond donors (Lipinski definition) is 1. The second kappa shape index (κ2) is 12.0. The molecule has 1 saturated carbocycles. The molecule has 0 saturated heterocycles. The SMILES string of the molecule is CC(C)(C)NS(=O)(=O)c1cccc(-c2nn(COCC[Si](C)(C)C)c3cc(Br)cc(OC4CCCCC4)c23)c1. The van der Waals surface area contributed by atoms with Crippen LogP contribution in [0.5, 0.6) is 5.75 Å². The normalized spacial score (nSPS) is 15.7. The van der Waals surface area contributed by atoms with Crippen molar-refractivity contribution in [2.75, 3.05) is 6.61 Å². The van der Waals surface area contributed by atoms with Gasteiger partial charge < -0.3 is 9.47 Å². The van der Waals surface area contributed by atoms with Gasteiger partial charge in [-0.2, -0.15) is 5.10 Å². The van der Waals surface area contributed by atoms with Crippen molar-refractivity contribution < 1.29 is 17.9 Å². The van der Waals surface area contributed by atoms with Crippen molar-refractivity contribution in [3.05, 3.63) is 40.9 Å². The van der Waals surface area contributed by atoms with Crippen LogP contribution in [0.1, 0.15) is 52.9 Å². The van der Waals surface area contributed by atoms with E-state index in [0.29, 0.717) is 24.6 Å². The number of benzene rings is 2. The monoisotopic (exact) mass is 635 g/mol. The molecule has 0 bridgehead atoms. The summed E-state index contributed by atoms with van der Waals surface area (Å²) >= 11 is 3.68. The summed E-state index contributed by atoms with van der Waals surface area (Å²) in [6.45, 7) is 13.5. The van der Waals surface area contributed by atoms with E-state index in [-0.39, 0.29) is 11.0 Å². The molecule has 0 atom stereocenters. The lowest BCUT2D eigenvalue weighted by Crippen LogP contribution is -2.40. The van der Waals surface area contributed by atoms with Gasteiger partial charge in [-0.1, -0.05) is 54.1 Å². The van der Waals surface area contributed by atoms with Crippen LogP contribution >= 0.6 is 15.9 Å². The Bertz CT molecular complexity index is 1400. The molecule has 0 amide bonds. The average molecular weight is 637 g/mol. The van der Waals surface area contributed by atoms with Crippen LogP contribution in [-0.2, 0) is 21.5 Å². The van der Waals surface area contributed by atoms with Gasteiger partial charge in [-0.3, -0.25) is 0 Å². The van der Waals surface area contributed by atoms with E-state index < -0.39 is 23.6 Å². The van der Waals surface area contributed by atoms with E-state index in [1.165, 1.54) is 19.3 Å². The third kappa shape index (κ3) is 8.16. The number of fused-ring (bicyclic) bond motifs is 1. The highest BCUT2D eigenvalue weighted by molar-refractivity contribution is 9.10. The topological polar surface area (TPSA) is 82.5 Å². The molecule has 0 radical (unpaired) electrons. The molecule has 0 unspecified atom stereocenters. The summed E-state index contributed by atoms with van der Waals surface area (Å²) in [6.07, 6.45) is 5.80. The summed E-state index contributed by atoms with van der Waals surface area (Å²) in [5, 5.41) is 5.84. The number of hydrogen-bond acceptors (Lipinski definition) is 5. The molecule has 1 fully saturated rings. The number of ether oxygens (including phenoxy) is 2. The van der Waals surface area contributed by atoms with Gasteiger partial charge in [-0.25, -0.2) is 17.8 Å². The Kier molecular flexibility index (Phi) is 9.32. The summed E-state index contributed by atoms with van der Waals surface area (Å²) in [4.78, 5) is 0.205. The number of halogens is 1. The van der Waals surface area contributed by atoms with Crippen molar-refractivity contribution >= 4 is 44.9 Å². The molecular weight excluding hydrogens is 594 g/mol. The minimum absolute atomic E-state index is 0.156. The zero-order chi connectivity index (χ0) is 28.4. The molecule has 214 valence electrons. The maximum atomic E-state index is 13.1. The van der Waals surface area contributed by atoms with Crippen molar-refractivity contribution in [2.24, 2.45) is 0 Å². The molecule has 10 heteroatoms. The predicted octanol–water partition coefficient (Wildman–Crippen LogP) is 7.57. The van der Waals surface area contributed by atoms with Gasteiger partial charge in [-0.05, 0) is 76.8 Å². The standard InChI is InChI=1S/C29H42BrN3O4SSi/c1-29(2,3)32-38(34,35)24-14-10-11-21(17-24)28-27-25(33(31-28)20-36-15-16-39(4,5)6)18-22(30)19-26(27)37-23-12-8-7-9-13-23/h10-11,14,17-19,23,32H,7-9,12-13,15-16,20H2,1-6H3. The van der Waals surface area contributed by atoms with E-state index in [1.54, 1.807) is 18.2 Å². The predicted molar refractivity (Wildman–Crippen MR) is 165 cm³/mol. The van der Waals surface area contributed by atoms with Gasteiger partial charge >= 0.3 is 0 Å². The Morgan fingerprint density at radius 2 is 1.82 bits per heavy atom. The fourth-order valence-corrected chi connectivity index (χ4v) is 7.44. The first-order valence-corrected chi connectivity index (χ1v) is 19.8. The first kappa shape index (κ1) is 30.2. The second-order valence-electron chi connectivity index (χ2n) is 12.8. The largest absolute Gasteiger partial charge is 0.490 e. The third-order valence-corrected chi connectivity index (χ3v) is 10.6. The molecule has 0 spiro atoms. The first-order chi connectivity index (χ1) is 18.2. The van der Waals surface area contributed by atoms with Gasteiger partial charge in [0.2, 0.25) is 10.0 Å². The second-order valence-corrected chi connectivity index (χ2v) is 21.0. The fraction of sp³-hybridized carbons (Fsp3) is 0.552. The Balaban J connectivity index is 1.79. The molecular formula is C29H42BrN3O4SSi. The van der Waals surface area contributed by atoms with Crippen molar-refractivity contribution in [1.82, 2.24) is 14.5 Å². The van der Waals surface area contributed by atoms with E-state index in [0.717, 1.165) is 40.0 Å². The van der Waals surface area contributed by atoms with Crippen LogP contribution in [0.15, 0.2) is 45.8 Å². The first-order valence-electron chi connectivity index (χ1n) is 13.8. The summed E-state index contributed by atoms with van der Waals surface area (Å²) in [5.41, 5.74) is 1.70. The maximum Gasteiger partial charge on any atom is 0.241 e. The lowest BCUT2D eigenvalue weighted by atomic mass is 9.97. The highest BCUT2D eigenvalue weighted by Gasteiger charge is 2.25. The number of nitrogens with one attached hydrogen (secondary N) is 1. The van der Waals surface area contributed by atoms with E-state index in [1.807, 2.05) is 43.7 Å². The quantitative estimate of drug-likeness (QED) is 0.183. The van der Waals surface area contributed by atoms with Crippen molar-refractivity contribution in [1.29, 1.82) is 0 Å². The summed E-state index contributed by atoms with van der Waals surface area (Å²) < 4.78 is 44.5. The van der Waals surface area contributed by atoms with Gasteiger partial charge in [0.1, 0.15) is 18.2 Å². The lowest BCUT2D eigenvalue weighted by Gasteiger charge is -2.23. The zero-order valence-electron chi connectivity index (χ0n) is 24.0. The summed E-state index contributed by atoms with van der Waals surface area (Å²) in [7, 11) is -4.94. The molecule has 1 N–H and O–H groups in total. The van der Waals surface area contributed by atoms with E-state index >= 15 is 0 Å². The molecule has 4 rings (SSSR count). The molecule has 7 nitrogen and oxygen atoms in total. The smallest absolute Gasteiger partial charge is 0.241 e. The number of rotatable bonds is 10. The maximum absolute atomic E-state index is 13.1. The summed E-state index contributed by atoms with van der Waals surface area (Å²) in [5.74, 6) is 0.760. The Hall–Kier alpha value is -1.72. The average Bonchev–Trinajstić information content (AvgIpc) is 3.19. The molecule has 3 aromatic rings. The van der Waals surface area contributed by atoms with Crippen molar-refractivity contribution in [3.63, 3.8) is 0 Å². The Morgan fingerprint density at radius 3 is 2.49 bits per heavy atom. The Morgan fingerprint density at radius 1 is 1.10 bits per heavy atom. The van der Waals surface area contributed by atoms with E-state index in [9.17, 15) is 8.42 Å². The molecule has 1 aliphatic carbocycles. The van der Waals surface area contributed by atoms with Crippen LogP contribution in [0.2, 0.25) is 25.7 Å². The van der Waals surface area contributed by atoms with Crippen LogP contribution in [0.3, 0.4) is 0 Å². The molecule has 1 aliphatic rings. The Labute approximate surface area is 242 Å². The van der Waals surface area contributed by atoms with Crippen molar-refractivity contribution in [3.8, 4) is 17.0 Å². The van der Waals surface area contributed by atoms with Crippen LogP contribution in [0.4, 0.5) is 0 Å². The minimum Gasteiger partial charge on any atom is -0.490 e. The number of aromatic nitrogens is 2. The zero-order valence-corrected chi connectivity index (χ0v) is 27.4. The minimum atomic E-state index is -3.71. The molecule has 1 aromatic heterocycles. The van der Waals surface area contributed by atoms with Crippen LogP contribution < -0.4 is 9.46 Å². The third-order valence-electron chi connectivity index (χ3n) is 6.70. The molecule has 0 aliphatic heterocycles. The number of sulfonamides is 1. The van der Waals surface area contributed by atoms with Gasteiger partial charge in [0.25, 0.3) is 0 Å². The van der Waals surface area contributed by atoms with Gasteiger partial charge in [0, 0.05) is 30.3 Å². The van der Waals surface area contributed by atoms with Gasteiger partial charge in [0.15, 0.2) is 0 Å². The lowest BCUT2D eigenvalue weighted by molar-refractivity contribution is 0.0818. The van der Waals surface area contributed by atoms with Crippen LogP contribution in [-0.4, -0.2) is 44.5 Å². The molecule has 1 heterocycles. The van der Waals surface area contributed by atoms with E-state index in [2.05, 4.69) is 40.3 Å². The molecule has 39 heavy (non-hydrogen) atoms. The van der Waals surface area contributed by atoms with Gasteiger partial charge in [0.05, 0.1) is 21.9 Å². The van der Waals surface area contributed by atoms with Crippen LogP contribution in [0, 0.1) is 0 Å². The highest BCUT2D eigenvalue weighted by Crippen LogP contribution is 2.39. The van der Waals surface area contributed by atoms with Gasteiger partial charge in [-0.15, -0.1) is 0 Å². The summed E-state index contributed by atoms with van der Waals surface area (Å²) in [6, 6.07) is 12.1. The molecule has 2 aromatic carbocycles.